The van der Waals surface area contributed by atoms with Crippen molar-refractivity contribution in [1.29, 1.82) is 0 Å². The van der Waals surface area contributed by atoms with E-state index in [1.807, 2.05) is 4.90 Å². The molecule has 2 rings (SSSR count). The van der Waals surface area contributed by atoms with E-state index in [9.17, 15) is 14.7 Å². The summed E-state index contributed by atoms with van der Waals surface area (Å²) in [6.07, 6.45) is 3.33. The molecule has 2 fully saturated rings. The number of hydrogen-bond donors (Lipinski definition) is 3. The van der Waals surface area contributed by atoms with Crippen LogP contribution in [0.15, 0.2) is 0 Å². The number of carbonyl (C=O) groups is 2. The molecule has 1 saturated heterocycles. The lowest BCUT2D eigenvalue weighted by Gasteiger charge is -2.29. The first-order valence-corrected chi connectivity index (χ1v) is 6.14. The molecule has 0 aromatic heterocycles. The molecule has 1 aliphatic heterocycles. The van der Waals surface area contributed by atoms with Gasteiger partial charge in [-0.15, -0.1) is 0 Å². The van der Waals surface area contributed by atoms with Gasteiger partial charge in [-0.25, -0.2) is 4.79 Å². The summed E-state index contributed by atoms with van der Waals surface area (Å²) in [5.74, 6) is -0.308. The highest BCUT2D eigenvalue weighted by atomic mass is 16.3. The Labute approximate surface area is 100 Å². The maximum Gasteiger partial charge on any atom is 0.321 e. The summed E-state index contributed by atoms with van der Waals surface area (Å²) in [5.41, 5.74) is 0. The van der Waals surface area contributed by atoms with Crippen LogP contribution in [0.1, 0.15) is 25.7 Å². The maximum atomic E-state index is 11.5. The molecule has 1 saturated carbocycles. The first-order chi connectivity index (χ1) is 8.13. The van der Waals surface area contributed by atoms with Gasteiger partial charge in [-0.1, -0.05) is 0 Å². The molecule has 1 aliphatic carbocycles. The number of nitrogens with zero attached hydrogens (tertiary/aromatic N) is 1. The van der Waals surface area contributed by atoms with Crippen molar-refractivity contribution in [3.63, 3.8) is 0 Å². The quantitative estimate of drug-likeness (QED) is 0.618. The molecule has 0 radical (unpaired) electrons. The number of piperidine rings is 1. The van der Waals surface area contributed by atoms with Crippen molar-refractivity contribution in [3.05, 3.63) is 0 Å². The Bertz CT molecular complexity index is 304. The third-order valence-corrected chi connectivity index (χ3v) is 3.01. The number of amides is 3. The second-order valence-electron chi connectivity index (χ2n) is 4.83. The number of imide groups is 1. The fourth-order valence-electron chi connectivity index (χ4n) is 1.99. The number of nitrogens with one attached hydrogen (secondary N) is 2. The lowest BCUT2D eigenvalue weighted by Crippen LogP contribution is -2.48. The van der Waals surface area contributed by atoms with E-state index in [0.717, 1.165) is 32.2 Å². The zero-order valence-corrected chi connectivity index (χ0v) is 9.82. The Morgan fingerprint density at radius 1 is 1.29 bits per heavy atom. The molecule has 0 aromatic carbocycles. The lowest BCUT2D eigenvalue weighted by atomic mass is 10.1. The van der Waals surface area contributed by atoms with Crippen molar-refractivity contribution in [1.82, 2.24) is 15.5 Å². The second kappa shape index (κ2) is 5.46. The number of rotatable bonds is 3. The molecule has 96 valence electrons. The minimum absolute atomic E-state index is 0.176. The van der Waals surface area contributed by atoms with Gasteiger partial charge in [-0.05, 0) is 32.2 Å². The minimum atomic E-state index is -0.407. The highest BCUT2D eigenvalue weighted by molar-refractivity contribution is 5.95. The Morgan fingerprint density at radius 2 is 2.06 bits per heavy atom. The van der Waals surface area contributed by atoms with Gasteiger partial charge in [0.05, 0.1) is 12.6 Å². The Kier molecular flexibility index (Phi) is 3.96. The summed E-state index contributed by atoms with van der Waals surface area (Å²) >= 11 is 0. The number of aliphatic hydroxyl groups excluding tert-OH is 1. The molecule has 0 bridgehead atoms. The van der Waals surface area contributed by atoms with Crippen molar-refractivity contribution in [2.75, 3.05) is 19.6 Å². The fraction of sp³-hybridized carbons (Fsp3) is 0.818. The molecule has 6 heteroatoms. The van der Waals surface area contributed by atoms with Gasteiger partial charge in [0.15, 0.2) is 0 Å². The van der Waals surface area contributed by atoms with E-state index >= 15 is 0 Å². The van der Waals surface area contributed by atoms with Crippen LogP contribution in [0.3, 0.4) is 0 Å². The molecular weight excluding hydrogens is 222 g/mol. The molecule has 3 N–H and O–H groups in total. The Balaban J connectivity index is 1.66. The van der Waals surface area contributed by atoms with E-state index in [-0.39, 0.29) is 24.6 Å². The Morgan fingerprint density at radius 3 is 2.71 bits per heavy atom. The minimum Gasteiger partial charge on any atom is -0.392 e. The normalized spacial score (nSPS) is 25.4. The van der Waals surface area contributed by atoms with Crippen LogP contribution in [0.5, 0.6) is 0 Å². The van der Waals surface area contributed by atoms with Gasteiger partial charge in [0.2, 0.25) is 5.91 Å². The number of aliphatic hydroxyl groups is 1. The molecule has 0 aromatic rings. The number of carbonyl (C=O) groups excluding carboxylic acids is 2. The second-order valence-corrected chi connectivity index (χ2v) is 4.83. The average molecular weight is 241 g/mol. The number of hydrogen-bond acceptors (Lipinski definition) is 4. The topological polar surface area (TPSA) is 81.7 Å². The van der Waals surface area contributed by atoms with Crippen LogP contribution in [0, 0.1) is 0 Å². The van der Waals surface area contributed by atoms with E-state index in [1.54, 1.807) is 0 Å². The van der Waals surface area contributed by atoms with Crippen molar-refractivity contribution < 1.29 is 14.7 Å². The van der Waals surface area contributed by atoms with Gasteiger partial charge >= 0.3 is 6.03 Å². The van der Waals surface area contributed by atoms with Gasteiger partial charge < -0.3 is 10.4 Å². The van der Waals surface area contributed by atoms with E-state index in [2.05, 4.69) is 10.6 Å². The van der Waals surface area contributed by atoms with E-state index in [1.165, 1.54) is 0 Å². The summed E-state index contributed by atoms with van der Waals surface area (Å²) in [6, 6.07) is -0.158. The third kappa shape index (κ3) is 4.32. The highest BCUT2D eigenvalue weighted by Crippen LogP contribution is 2.18. The molecular formula is C11H19N3O3. The smallest absolute Gasteiger partial charge is 0.321 e. The number of likely N-dealkylation sites (tertiary alicyclic amines) is 1. The molecule has 1 heterocycles. The first-order valence-electron chi connectivity index (χ1n) is 6.14. The summed E-state index contributed by atoms with van der Waals surface area (Å²) in [4.78, 5) is 24.7. The van der Waals surface area contributed by atoms with Crippen molar-refractivity contribution in [2.45, 2.75) is 37.8 Å². The van der Waals surface area contributed by atoms with Gasteiger partial charge in [0.25, 0.3) is 0 Å². The summed E-state index contributed by atoms with van der Waals surface area (Å²) in [5, 5.41) is 14.4. The monoisotopic (exact) mass is 241 g/mol. The largest absolute Gasteiger partial charge is 0.392 e. The van der Waals surface area contributed by atoms with Crippen LogP contribution < -0.4 is 10.6 Å². The van der Waals surface area contributed by atoms with Crippen LogP contribution in [0.25, 0.3) is 0 Å². The van der Waals surface area contributed by atoms with E-state index in [4.69, 9.17) is 0 Å². The highest BCUT2D eigenvalue weighted by Gasteiger charge is 2.25. The van der Waals surface area contributed by atoms with Crippen molar-refractivity contribution in [3.8, 4) is 0 Å². The maximum absolute atomic E-state index is 11.5. The third-order valence-electron chi connectivity index (χ3n) is 3.01. The number of β-amino-alcohol motifs (C(OH)–C–C–N with tert-alkyl or cyclic N) is 1. The molecule has 6 nitrogen and oxygen atoms in total. The van der Waals surface area contributed by atoms with Crippen molar-refractivity contribution >= 4 is 11.9 Å². The number of urea groups is 1. The Hall–Kier alpha value is -1.14. The van der Waals surface area contributed by atoms with E-state index < -0.39 is 6.03 Å². The van der Waals surface area contributed by atoms with Gasteiger partial charge in [-0.3, -0.25) is 15.0 Å². The van der Waals surface area contributed by atoms with Crippen molar-refractivity contribution in [2.24, 2.45) is 0 Å². The average Bonchev–Trinajstić information content (AvgIpc) is 3.00. The van der Waals surface area contributed by atoms with Crippen LogP contribution in [-0.4, -0.2) is 53.7 Å². The molecule has 0 spiro atoms. The van der Waals surface area contributed by atoms with Gasteiger partial charge in [0, 0.05) is 12.6 Å². The molecule has 1 atom stereocenters. The van der Waals surface area contributed by atoms with Crippen LogP contribution >= 0.6 is 0 Å². The van der Waals surface area contributed by atoms with Gasteiger partial charge in [-0.2, -0.15) is 0 Å². The van der Waals surface area contributed by atoms with Gasteiger partial charge in [0.1, 0.15) is 0 Å². The SMILES string of the molecule is O=C(CN1CCCC(O)C1)NC(=O)NC1CC1. The lowest BCUT2D eigenvalue weighted by molar-refractivity contribution is -0.121. The predicted octanol–water partition coefficient (Wildman–Crippen LogP) is -0.569. The summed E-state index contributed by atoms with van der Waals surface area (Å²) in [6.45, 7) is 1.49. The first kappa shape index (κ1) is 12.3. The zero-order chi connectivity index (χ0) is 12.3. The van der Waals surface area contributed by atoms with Crippen LogP contribution in [0.4, 0.5) is 4.79 Å². The standard InChI is InChI=1S/C11H19N3O3/c15-9-2-1-5-14(6-9)7-10(16)13-11(17)12-8-3-4-8/h8-9,15H,1-7H2,(H2,12,13,16,17). The molecule has 1 unspecified atom stereocenters. The molecule has 3 amide bonds. The van der Waals surface area contributed by atoms with Crippen LogP contribution in [-0.2, 0) is 4.79 Å². The fourth-order valence-corrected chi connectivity index (χ4v) is 1.99. The molecule has 2 aliphatic rings. The summed E-state index contributed by atoms with van der Waals surface area (Å²) < 4.78 is 0. The molecule has 17 heavy (non-hydrogen) atoms. The summed E-state index contributed by atoms with van der Waals surface area (Å²) in [7, 11) is 0. The van der Waals surface area contributed by atoms with E-state index in [0.29, 0.717) is 6.54 Å². The zero-order valence-electron chi connectivity index (χ0n) is 9.82. The van der Waals surface area contributed by atoms with Crippen LogP contribution in [0.2, 0.25) is 0 Å². The predicted molar refractivity (Wildman–Crippen MR) is 61.4 cm³/mol.